The minimum atomic E-state index is -1.37. The first-order valence-electron chi connectivity index (χ1n) is 11.4. The second kappa shape index (κ2) is 19.4. The van der Waals surface area contributed by atoms with Crippen molar-refractivity contribution in [2.45, 2.75) is 48.3 Å². The van der Waals surface area contributed by atoms with Crippen LogP contribution in [0.2, 0.25) is 0 Å². The molecule has 0 radical (unpaired) electrons. The summed E-state index contributed by atoms with van der Waals surface area (Å²) < 4.78 is 0. The molecule has 0 aliphatic heterocycles. The van der Waals surface area contributed by atoms with Crippen molar-refractivity contribution in [3.63, 3.8) is 0 Å². The second-order valence-electron chi connectivity index (χ2n) is 8.00. The van der Waals surface area contributed by atoms with Gasteiger partial charge in [0.15, 0.2) is 0 Å². The van der Waals surface area contributed by atoms with Gasteiger partial charge in [0, 0.05) is 25.9 Å². The summed E-state index contributed by atoms with van der Waals surface area (Å²) in [5.74, 6) is -8.66. The van der Waals surface area contributed by atoms with Crippen molar-refractivity contribution in [3.8, 4) is 0 Å². The van der Waals surface area contributed by atoms with Crippen LogP contribution in [0.25, 0.3) is 0 Å². The molecule has 4 amide bonds. The lowest BCUT2D eigenvalue weighted by Crippen LogP contribution is -2.47. The molecule has 0 fully saturated rings. The molecule has 0 bridgehead atoms. The summed E-state index contributed by atoms with van der Waals surface area (Å²) in [5.41, 5.74) is 10.1. The maximum absolute atomic E-state index is 12.6. The Bertz CT molecular complexity index is 879. The molecule has 18 nitrogen and oxygen atoms in total. The molecule has 4 atom stereocenters. The van der Waals surface area contributed by atoms with E-state index in [-0.39, 0.29) is 38.8 Å². The zero-order valence-corrected chi connectivity index (χ0v) is 22.6. The lowest BCUT2D eigenvalue weighted by Gasteiger charge is -2.23. The lowest BCUT2D eigenvalue weighted by molar-refractivity contribution is -0.141. The van der Waals surface area contributed by atoms with Crippen LogP contribution in [0.3, 0.4) is 0 Å². The average Bonchev–Trinajstić information content (AvgIpc) is 2.84. The molecule has 0 heterocycles. The summed E-state index contributed by atoms with van der Waals surface area (Å²) >= 11 is 0. The Morgan fingerprint density at radius 3 is 1.18 bits per heavy atom. The first kappa shape index (κ1) is 36.4. The molecule has 0 saturated heterocycles. The van der Waals surface area contributed by atoms with Crippen molar-refractivity contribution in [2.75, 3.05) is 26.2 Å². The third-order valence-electron chi connectivity index (χ3n) is 4.75. The van der Waals surface area contributed by atoms with Crippen molar-refractivity contribution in [1.29, 1.82) is 0 Å². The van der Waals surface area contributed by atoms with E-state index in [2.05, 4.69) is 21.3 Å². The highest BCUT2D eigenvalue weighted by Gasteiger charge is 2.29. The number of carbonyl (C=O) groups is 8. The smallest absolute Gasteiger partial charge is 0.322 e. The molecule has 0 aliphatic rings. The quantitative estimate of drug-likeness (QED) is 0.0493. The number of primary amides is 2. The summed E-state index contributed by atoms with van der Waals surface area (Å²) in [6.07, 6.45) is -0.977. The number of carboxylic acids is 4. The number of aliphatic carboxylic acids is 4. The minimum absolute atomic E-state index is 0.210. The number of hydrogen-bond donors (Lipinski definition) is 10. The van der Waals surface area contributed by atoms with E-state index >= 15 is 0 Å². The standard InChI is InChI=1S/C20H32N6O12S2/c21-13(27)3-1-9(19(35)36)23-5-11(17(33)25-7-15(29)30)39-40-12(18(34)26-8-16(31)32)6-24-10(20(37)38)2-4-14(22)28/h9-12,23-24H,1-8H2,(H2,21,27)(H2,22,28)(H,25,33)(H,26,34)(H,29,30)(H,31,32)(H,35,36)(H,37,38)/t9-,10-,11?,12?/m0/s1. The zero-order valence-electron chi connectivity index (χ0n) is 21.0. The van der Waals surface area contributed by atoms with Gasteiger partial charge in [-0.15, -0.1) is 0 Å². The van der Waals surface area contributed by atoms with Gasteiger partial charge in [0.25, 0.3) is 0 Å². The molecule has 0 aromatic carbocycles. The molecule has 0 aliphatic carbocycles. The number of carboxylic acid groups (broad SMARTS) is 4. The van der Waals surface area contributed by atoms with Gasteiger partial charge in [0.05, 0.1) is 0 Å². The van der Waals surface area contributed by atoms with Crippen LogP contribution >= 0.6 is 21.6 Å². The van der Waals surface area contributed by atoms with Gasteiger partial charge in [-0.3, -0.25) is 38.4 Å². The van der Waals surface area contributed by atoms with E-state index in [0.717, 1.165) is 0 Å². The molecular formula is C20H32N6O12S2. The van der Waals surface area contributed by atoms with E-state index in [1.165, 1.54) is 0 Å². The first-order chi connectivity index (χ1) is 18.6. The maximum atomic E-state index is 12.6. The number of nitrogens with two attached hydrogens (primary N) is 2. The molecule has 20 heteroatoms. The Morgan fingerprint density at radius 2 is 0.925 bits per heavy atom. The predicted molar refractivity (Wildman–Crippen MR) is 140 cm³/mol. The van der Waals surface area contributed by atoms with Crippen LogP contribution in [0.4, 0.5) is 0 Å². The molecule has 0 aromatic heterocycles. The molecule has 226 valence electrons. The van der Waals surface area contributed by atoms with Gasteiger partial charge in [-0.25, -0.2) is 0 Å². The number of carbonyl (C=O) groups excluding carboxylic acids is 4. The molecule has 40 heavy (non-hydrogen) atoms. The van der Waals surface area contributed by atoms with Gasteiger partial charge < -0.3 is 53.2 Å². The van der Waals surface area contributed by atoms with Gasteiger partial charge >= 0.3 is 23.9 Å². The van der Waals surface area contributed by atoms with Crippen molar-refractivity contribution in [1.82, 2.24) is 21.3 Å². The van der Waals surface area contributed by atoms with Crippen LogP contribution in [0.5, 0.6) is 0 Å². The van der Waals surface area contributed by atoms with Gasteiger partial charge in [-0.1, -0.05) is 21.6 Å². The third kappa shape index (κ3) is 17.1. The fourth-order valence-electron chi connectivity index (χ4n) is 2.73. The van der Waals surface area contributed by atoms with Crippen LogP contribution < -0.4 is 32.7 Å². The summed E-state index contributed by atoms with van der Waals surface area (Å²) in [7, 11) is 1.41. The average molecular weight is 613 g/mol. The summed E-state index contributed by atoms with van der Waals surface area (Å²) in [4.78, 5) is 92.0. The van der Waals surface area contributed by atoms with Crippen LogP contribution in [-0.4, -0.2) is 117 Å². The molecule has 2 unspecified atom stereocenters. The Hall–Kier alpha value is -3.62. The largest absolute Gasteiger partial charge is 0.480 e. The Kier molecular flexibility index (Phi) is 17.7. The number of hydrogen-bond acceptors (Lipinski definition) is 12. The number of rotatable bonds is 23. The molecular weight excluding hydrogens is 580 g/mol. The SMILES string of the molecule is NC(=O)CC[C@H](NCC(SSC(CN[C@@H](CCC(N)=O)C(=O)O)C(=O)NCC(=O)O)C(=O)NCC(=O)O)C(=O)O. The topological polar surface area (TPSA) is 318 Å². The fraction of sp³-hybridized carbons (Fsp3) is 0.600. The molecule has 0 saturated carbocycles. The summed E-state index contributed by atoms with van der Waals surface area (Å²) in [6, 6.07) is -2.60. The van der Waals surface area contributed by atoms with E-state index in [0.29, 0.717) is 21.6 Å². The van der Waals surface area contributed by atoms with Gasteiger partial charge in [-0.2, -0.15) is 0 Å². The van der Waals surface area contributed by atoms with Gasteiger partial charge in [0.1, 0.15) is 35.7 Å². The van der Waals surface area contributed by atoms with Gasteiger partial charge in [0.2, 0.25) is 23.6 Å². The van der Waals surface area contributed by atoms with E-state index < -0.39 is 83.2 Å². The number of amides is 4. The molecule has 0 rings (SSSR count). The normalized spacial score (nSPS) is 13.7. The van der Waals surface area contributed by atoms with Crippen LogP contribution in [-0.2, 0) is 38.4 Å². The lowest BCUT2D eigenvalue weighted by atomic mass is 10.1. The molecule has 0 aromatic rings. The van der Waals surface area contributed by atoms with E-state index in [1.54, 1.807) is 0 Å². The number of nitrogens with one attached hydrogen (secondary N) is 4. The van der Waals surface area contributed by atoms with Crippen LogP contribution in [0.1, 0.15) is 25.7 Å². The highest BCUT2D eigenvalue weighted by atomic mass is 33.1. The van der Waals surface area contributed by atoms with Crippen molar-refractivity contribution in [3.05, 3.63) is 0 Å². The van der Waals surface area contributed by atoms with E-state index in [1.807, 2.05) is 0 Å². The van der Waals surface area contributed by atoms with Gasteiger partial charge in [-0.05, 0) is 12.8 Å². The van der Waals surface area contributed by atoms with Crippen LogP contribution in [0, 0.1) is 0 Å². The molecule has 12 N–H and O–H groups in total. The fourth-order valence-corrected chi connectivity index (χ4v) is 5.40. The summed E-state index contributed by atoms with van der Waals surface area (Å²) in [5, 5.41) is 43.4. The predicted octanol–water partition coefficient (Wildman–Crippen LogP) is -3.88. The second-order valence-corrected chi connectivity index (χ2v) is 10.7. The monoisotopic (exact) mass is 612 g/mol. The van der Waals surface area contributed by atoms with E-state index in [4.69, 9.17) is 21.7 Å². The highest BCUT2D eigenvalue weighted by Crippen LogP contribution is 2.31. The maximum Gasteiger partial charge on any atom is 0.322 e. The molecule has 0 spiro atoms. The van der Waals surface area contributed by atoms with E-state index in [9.17, 15) is 48.6 Å². The van der Waals surface area contributed by atoms with Crippen LogP contribution in [0.15, 0.2) is 0 Å². The zero-order chi connectivity index (χ0) is 30.8. The Balaban J connectivity index is 5.67. The first-order valence-corrected chi connectivity index (χ1v) is 13.7. The summed E-state index contributed by atoms with van der Waals surface area (Å²) in [6.45, 7) is -2.28. The Labute approximate surface area is 235 Å². The highest BCUT2D eigenvalue weighted by molar-refractivity contribution is 8.77. The minimum Gasteiger partial charge on any atom is -0.480 e. The third-order valence-corrected chi connectivity index (χ3v) is 7.82. The van der Waals surface area contributed by atoms with Crippen molar-refractivity contribution in [2.24, 2.45) is 11.5 Å². The van der Waals surface area contributed by atoms with Crippen molar-refractivity contribution < 1.29 is 58.8 Å². The Morgan fingerprint density at radius 1 is 0.600 bits per heavy atom. The van der Waals surface area contributed by atoms with Crippen molar-refractivity contribution >= 4 is 69.1 Å².